The van der Waals surface area contributed by atoms with Crippen LogP contribution in [0.4, 0.5) is 29.5 Å². The monoisotopic (exact) mass is 589 g/mol. The second-order valence-corrected chi connectivity index (χ2v) is 13.7. The van der Waals surface area contributed by atoms with E-state index in [-0.39, 0.29) is 24.8 Å². The summed E-state index contributed by atoms with van der Waals surface area (Å²) in [5.41, 5.74) is -6.27. The molecule has 1 N–H and O–H groups in total. The quantitative estimate of drug-likeness (QED) is 0.487. The van der Waals surface area contributed by atoms with Crippen molar-refractivity contribution in [3.05, 3.63) is 48.2 Å². The number of nitrogens with zero attached hydrogens (tertiary/aromatic N) is 4. The van der Waals surface area contributed by atoms with Gasteiger partial charge in [0.15, 0.2) is 0 Å². The minimum atomic E-state index is -5.58. The van der Waals surface area contributed by atoms with Gasteiger partial charge in [0.2, 0.25) is 10.0 Å². The molecule has 1 aromatic heterocycles. The number of hydrogen-bond acceptors (Lipinski definition) is 8. The number of hydrogen-bond donors (Lipinski definition) is 1. The van der Waals surface area contributed by atoms with Gasteiger partial charge in [-0.05, 0) is 62.2 Å². The summed E-state index contributed by atoms with van der Waals surface area (Å²) in [4.78, 5) is 31.8. The standard InChI is InChI=1S/C23H26F3N5O6S2/c1-22(2)20(32)31(17-4-6-18(7-5-17)39(36,37)23(24,25)26)21(33)30(22)13-15-8-10-27-19(12-15)28-16-9-11-29(14-16)38(3,34)35/h4-8,10,12,16H,9,11,13-14H2,1-3H3,(H,27,28). The van der Waals surface area contributed by atoms with E-state index < -0.39 is 47.7 Å². The summed E-state index contributed by atoms with van der Waals surface area (Å²) in [7, 11) is -8.89. The molecule has 0 saturated carbocycles. The molecule has 3 amide bonds. The van der Waals surface area contributed by atoms with Gasteiger partial charge in [0.05, 0.1) is 16.8 Å². The van der Waals surface area contributed by atoms with E-state index in [4.69, 9.17) is 0 Å². The summed E-state index contributed by atoms with van der Waals surface area (Å²) in [5, 5.41) is 3.18. The van der Waals surface area contributed by atoms with Crippen LogP contribution in [0.2, 0.25) is 0 Å². The molecule has 2 saturated heterocycles. The van der Waals surface area contributed by atoms with Crippen LogP contribution in [-0.2, 0) is 31.2 Å². The van der Waals surface area contributed by atoms with E-state index >= 15 is 0 Å². The van der Waals surface area contributed by atoms with Crippen molar-refractivity contribution in [2.24, 2.45) is 0 Å². The average Bonchev–Trinajstić information content (AvgIpc) is 3.36. The van der Waals surface area contributed by atoms with E-state index in [1.165, 1.54) is 29.2 Å². The summed E-state index contributed by atoms with van der Waals surface area (Å²) in [6.45, 7) is 3.71. The molecule has 0 bridgehead atoms. The molecule has 0 aliphatic carbocycles. The van der Waals surface area contributed by atoms with Gasteiger partial charge in [-0.3, -0.25) is 4.79 Å². The number of carbonyl (C=O) groups excluding carboxylic acids is 2. The highest BCUT2D eigenvalue weighted by Crippen LogP contribution is 2.35. The number of rotatable bonds is 7. The number of pyridine rings is 1. The normalized spacial score (nSPS) is 20.6. The SMILES string of the molecule is CC1(C)C(=O)N(c2ccc(S(=O)(=O)C(F)(F)F)cc2)C(=O)N1Cc1ccnc(NC2CCN(S(C)(=O)=O)C2)c1. The lowest BCUT2D eigenvalue weighted by molar-refractivity contribution is -0.123. The van der Waals surface area contributed by atoms with Crippen LogP contribution in [-0.4, -0.2) is 79.4 Å². The molecule has 2 fully saturated rings. The van der Waals surface area contributed by atoms with Gasteiger partial charge in [-0.25, -0.2) is 35.8 Å². The molecular weight excluding hydrogens is 563 g/mol. The minimum absolute atomic E-state index is 0.00800. The van der Waals surface area contributed by atoms with Gasteiger partial charge in [0, 0.05) is 31.9 Å². The number of urea groups is 1. The molecule has 0 radical (unpaired) electrons. The lowest BCUT2D eigenvalue weighted by atomic mass is 10.0. The van der Waals surface area contributed by atoms with Gasteiger partial charge in [-0.2, -0.15) is 13.2 Å². The number of aromatic nitrogens is 1. The number of imide groups is 1. The molecule has 3 heterocycles. The Morgan fingerprint density at radius 1 is 1.08 bits per heavy atom. The van der Waals surface area contributed by atoms with Crippen molar-refractivity contribution < 1.29 is 39.6 Å². The Morgan fingerprint density at radius 2 is 1.72 bits per heavy atom. The number of nitrogens with one attached hydrogen (secondary N) is 1. The van der Waals surface area contributed by atoms with Crippen LogP contribution >= 0.6 is 0 Å². The number of sulfonamides is 1. The maximum Gasteiger partial charge on any atom is 0.501 e. The van der Waals surface area contributed by atoms with Gasteiger partial charge in [0.1, 0.15) is 11.4 Å². The topological polar surface area (TPSA) is 137 Å². The smallest absolute Gasteiger partial charge is 0.366 e. The van der Waals surface area contributed by atoms with Crippen LogP contribution in [0.1, 0.15) is 25.8 Å². The van der Waals surface area contributed by atoms with Gasteiger partial charge in [0.25, 0.3) is 15.7 Å². The third-order valence-corrected chi connectivity index (χ3v) is 9.44. The first-order valence-corrected chi connectivity index (χ1v) is 15.0. The number of benzene rings is 1. The molecule has 1 unspecified atom stereocenters. The van der Waals surface area contributed by atoms with Crippen molar-refractivity contribution in [1.29, 1.82) is 0 Å². The van der Waals surface area contributed by atoms with Crippen LogP contribution in [0, 0.1) is 0 Å². The fourth-order valence-electron chi connectivity index (χ4n) is 4.43. The first kappa shape index (κ1) is 28.8. The lowest BCUT2D eigenvalue weighted by Crippen LogP contribution is -2.43. The zero-order valence-corrected chi connectivity index (χ0v) is 22.8. The van der Waals surface area contributed by atoms with Gasteiger partial charge in [-0.15, -0.1) is 0 Å². The Labute approximate surface area is 223 Å². The highest BCUT2D eigenvalue weighted by molar-refractivity contribution is 7.92. The second kappa shape index (κ2) is 9.75. The number of amides is 3. The van der Waals surface area contributed by atoms with E-state index in [2.05, 4.69) is 10.3 Å². The molecule has 2 aromatic rings. The summed E-state index contributed by atoms with van der Waals surface area (Å²) < 4.78 is 86.8. The van der Waals surface area contributed by atoms with Gasteiger partial charge >= 0.3 is 11.5 Å². The van der Waals surface area contributed by atoms with Crippen molar-refractivity contribution in [2.45, 2.75) is 48.8 Å². The second-order valence-electron chi connectivity index (χ2n) is 9.81. The fraction of sp³-hybridized carbons (Fsp3) is 0.435. The summed E-state index contributed by atoms with van der Waals surface area (Å²) in [6.07, 6.45) is 3.24. The van der Waals surface area contributed by atoms with E-state index in [9.17, 15) is 39.6 Å². The fourth-order valence-corrected chi connectivity index (χ4v) is 6.08. The van der Waals surface area contributed by atoms with Crippen molar-refractivity contribution in [3.63, 3.8) is 0 Å². The average molecular weight is 590 g/mol. The van der Waals surface area contributed by atoms with Crippen LogP contribution in [0.3, 0.4) is 0 Å². The number of sulfone groups is 1. The molecular formula is C23H26F3N5O6S2. The third kappa shape index (κ3) is 5.45. The Bertz CT molecular complexity index is 1510. The highest BCUT2D eigenvalue weighted by atomic mass is 32.2. The molecule has 39 heavy (non-hydrogen) atoms. The highest BCUT2D eigenvalue weighted by Gasteiger charge is 2.52. The molecule has 1 atom stereocenters. The molecule has 16 heteroatoms. The zero-order chi connectivity index (χ0) is 29.0. The zero-order valence-electron chi connectivity index (χ0n) is 21.1. The number of anilines is 2. The van der Waals surface area contributed by atoms with E-state index in [0.29, 0.717) is 36.5 Å². The van der Waals surface area contributed by atoms with Crippen LogP contribution in [0.5, 0.6) is 0 Å². The predicted octanol–water partition coefficient (Wildman–Crippen LogP) is 2.57. The van der Waals surface area contributed by atoms with Crippen LogP contribution in [0.25, 0.3) is 0 Å². The summed E-state index contributed by atoms with van der Waals surface area (Å²) in [5.74, 6) is -0.180. The van der Waals surface area contributed by atoms with Crippen LogP contribution < -0.4 is 10.2 Å². The molecule has 4 rings (SSSR count). The Hall–Kier alpha value is -3.24. The molecule has 2 aliphatic heterocycles. The third-order valence-electron chi connectivity index (χ3n) is 6.67. The number of carbonyl (C=O) groups is 2. The van der Waals surface area contributed by atoms with Crippen LogP contribution in [0.15, 0.2) is 47.5 Å². The largest absolute Gasteiger partial charge is 0.501 e. The van der Waals surface area contributed by atoms with E-state index in [1.807, 2.05) is 0 Å². The predicted molar refractivity (Wildman–Crippen MR) is 135 cm³/mol. The van der Waals surface area contributed by atoms with Crippen molar-refractivity contribution in [3.8, 4) is 0 Å². The number of alkyl halides is 3. The Kier molecular flexibility index (Phi) is 7.19. The Balaban J connectivity index is 1.52. The molecule has 212 valence electrons. The summed E-state index contributed by atoms with van der Waals surface area (Å²) >= 11 is 0. The van der Waals surface area contributed by atoms with Crippen molar-refractivity contribution in [2.75, 3.05) is 29.6 Å². The van der Waals surface area contributed by atoms with Gasteiger partial charge in [-0.1, -0.05) is 0 Å². The maximum atomic E-state index is 13.3. The maximum absolute atomic E-state index is 13.3. The Morgan fingerprint density at radius 3 is 2.28 bits per heavy atom. The molecule has 2 aliphatic rings. The molecule has 1 aromatic carbocycles. The molecule has 0 spiro atoms. The lowest BCUT2D eigenvalue weighted by Gasteiger charge is -2.28. The molecule has 11 nitrogen and oxygen atoms in total. The summed E-state index contributed by atoms with van der Waals surface area (Å²) in [6, 6.07) is 5.78. The first-order chi connectivity index (χ1) is 17.9. The van der Waals surface area contributed by atoms with Crippen molar-refractivity contribution >= 4 is 43.3 Å². The van der Waals surface area contributed by atoms with Gasteiger partial charge < -0.3 is 10.2 Å². The van der Waals surface area contributed by atoms with E-state index in [0.717, 1.165) is 23.3 Å². The first-order valence-electron chi connectivity index (χ1n) is 11.7. The van der Waals surface area contributed by atoms with E-state index in [1.54, 1.807) is 12.1 Å². The minimum Gasteiger partial charge on any atom is -0.366 e. The number of halogens is 3. The van der Waals surface area contributed by atoms with Crippen molar-refractivity contribution in [1.82, 2.24) is 14.2 Å².